The van der Waals surface area contributed by atoms with Gasteiger partial charge in [0.05, 0.1) is 6.04 Å². The fourth-order valence-electron chi connectivity index (χ4n) is 2.69. The fourth-order valence-corrected chi connectivity index (χ4v) is 2.69. The van der Waals surface area contributed by atoms with E-state index in [-0.39, 0.29) is 18.7 Å². The molecule has 0 aliphatic rings. The van der Waals surface area contributed by atoms with Gasteiger partial charge in [0.15, 0.2) is 11.6 Å². The Morgan fingerprint density at radius 3 is 2.38 bits per heavy atom. The third kappa shape index (κ3) is 7.20. The van der Waals surface area contributed by atoms with Gasteiger partial charge in [-0.3, -0.25) is 14.6 Å². The molecule has 0 radical (unpaired) electrons. The van der Waals surface area contributed by atoms with Gasteiger partial charge in [0.25, 0.3) is 0 Å². The van der Waals surface area contributed by atoms with Crippen LogP contribution in [0.2, 0.25) is 0 Å². The molecule has 0 aliphatic carbocycles. The van der Waals surface area contributed by atoms with Crippen LogP contribution >= 0.6 is 0 Å². The van der Waals surface area contributed by atoms with Crippen molar-refractivity contribution in [2.75, 3.05) is 20.1 Å². The molecule has 2 atom stereocenters. The topological polar surface area (TPSA) is 109 Å². The second-order valence-electron chi connectivity index (χ2n) is 6.57. The van der Waals surface area contributed by atoms with Gasteiger partial charge in [-0.2, -0.15) is 0 Å². The van der Waals surface area contributed by atoms with Crippen LogP contribution in [0.1, 0.15) is 11.1 Å². The molecule has 9 heteroatoms. The Labute approximate surface area is 168 Å². The van der Waals surface area contributed by atoms with Crippen molar-refractivity contribution in [2.24, 2.45) is 5.73 Å². The SMILES string of the molecule is CNCCNC(=O)[C@H](Cc1ccncc1)NC(=O)[C@@H](N)Cc1ccc(F)c(F)c1. The molecule has 5 N–H and O–H groups in total. The first-order chi connectivity index (χ1) is 13.9. The summed E-state index contributed by atoms with van der Waals surface area (Å²) in [6.45, 7) is 0.982. The molecule has 0 saturated carbocycles. The van der Waals surface area contributed by atoms with Crippen LogP contribution in [0.5, 0.6) is 0 Å². The van der Waals surface area contributed by atoms with E-state index in [1.807, 2.05) is 0 Å². The molecule has 7 nitrogen and oxygen atoms in total. The summed E-state index contributed by atoms with van der Waals surface area (Å²) in [5, 5.41) is 8.32. The summed E-state index contributed by atoms with van der Waals surface area (Å²) < 4.78 is 26.4. The average Bonchev–Trinajstić information content (AvgIpc) is 2.71. The molecule has 29 heavy (non-hydrogen) atoms. The maximum atomic E-state index is 13.4. The normalized spacial score (nSPS) is 12.8. The predicted molar refractivity (Wildman–Crippen MR) is 105 cm³/mol. The summed E-state index contributed by atoms with van der Waals surface area (Å²) in [7, 11) is 1.76. The lowest BCUT2D eigenvalue weighted by molar-refractivity contribution is -0.129. The molecule has 0 aliphatic heterocycles. The van der Waals surface area contributed by atoms with E-state index in [4.69, 9.17) is 5.73 Å². The Hall–Kier alpha value is -2.91. The van der Waals surface area contributed by atoms with Gasteiger partial charge in [0.1, 0.15) is 6.04 Å². The van der Waals surface area contributed by atoms with Crippen molar-refractivity contribution in [3.63, 3.8) is 0 Å². The lowest BCUT2D eigenvalue weighted by Crippen LogP contribution is -2.53. The van der Waals surface area contributed by atoms with Crippen molar-refractivity contribution in [3.05, 3.63) is 65.5 Å². The molecule has 1 aromatic heterocycles. The highest BCUT2D eigenvalue weighted by Gasteiger charge is 2.24. The Balaban J connectivity index is 2.03. The van der Waals surface area contributed by atoms with Crippen LogP contribution in [0.4, 0.5) is 8.78 Å². The fraction of sp³-hybridized carbons (Fsp3) is 0.350. The van der Waals surface area contributed by atoms with E-state index in [1.54, 1.807) is 31.6 Å². The summed E-state index contributed by atoms with van der Waals surface area (Å²) in [5.74, 6) is -2.87. The minimum atomic E-state index is -1.02. The zero-order valence-electron chi connectivity index (χ0n) is 16.1. The minimum Gasteiger partial charge on any atom is -0.353 e. The van der Waals surface area contributed by atoms with Gasteiger partial charge < -0.3 is 21.7 Å². The molecule has 156 valence electrons. The third-order valence-electron chi connectivity index (χ3n) is 4.27. The van der Waals surface area contributed by atoms with E-state index in [0.29, 0.717) is 18.7 Å². The van der Waals surface area contributed by atoms with Gasteiger partial charge in [0.2, 0.25) is 11.8 Å². The van der Waals surface area contributed by atoms with E-state index < -0.39 is 29.6 Å². The number of pyridine rings is 1. The summed E-state index contributed by atoms with van der Waals surface area (Å²) in [4.78, 5) is 29.0. The van der Waals surface area contributed by atoms with Crippen molar-refractivity contribution in [1.29, 1.82) is 0 Å². The number of carbonyl (C=O) groups excluding carboxylic acids is 2. The van der Waals surface area contributed by atoms with Gasteiger partial charge in [-0.05, 0) is 48.9 Å². The van der Waals surface area contributed by atoms with E-state index in [0.717, 1.165) is 17.7 Å². The third-order valence-corrected chi connectivity index (χ3v) is 4.27. The Kier molecular flexibility index (Phi) is 8.63. The van der Waals surface area contributed by atoms with E-state index in [2.05, 4.69) is 20.9 Å². The van der Waals surface area contributed by atoms with Crippen molar-refractivity contribution >= 4 is 11.8 Å². The van der Waals surface area contributed by atoms with Crippen molar-refractivity contribution in [1.82, 2.24) is 20.9 Å². The molecule has 0 bridgehead atoms. The molecular weight excluding hydrogens is 380 g/mol. The van der Waals surface area contributed by atoms with E-state index in [1.165, 1.54) is 6.07 Å². The maximum absolute atomic E-state index is 13.4. The van der Waals surface area contributed by atoms with Gasteiger partial charge in [-0.25, -0.2) is 8.78 Å². The number of hydrogen-bond acceptors (Lipinski definition) is 5. The Morgan fingerprint density at radius 2 is 1.72 bits per heavy atom. The molecule has 2 rings (SSSR count). The molecule has 1 heterocycles. The number of amides is 2. The summed E-state index contributed by atoms with van der Waals surface area (Å²) in [5.41, 5.74) is 7.13. The number of benzene rings is 1. The number of aromatic nitrogens is 1. The number of likely N-dealkylation sites (N-methyl/N-ethyl adjacent to an activating group) is 1. The highest BCUT2D eigenvalue weighted by atomic mass is 19.2. The molecule has 0 fully saturated rings. The van der Waals surface area contributed by atoms with Crippen LogP contribution in [0.15, 0.2) is 42.7 Å². The largest absolute Gasteiger partial charge is 0.353 e. The first-order valence-corrected chi connectivity index (χ1v) is 9.21. The number of nitrogens with two attached hydrogens (primary N) is 1. The predicted octanol–water partition coefficient (Wildman–Crippen LogP) is 0.293. The highest BCUT2D eigenvalue weighted by molar-refractivity contribution is 5.90. The standard InChI is InChI=1S/C20H25F2N5O2/c1-24-8-9-26-20(29)18(12-13-4-6-25-7-5-13)27-19(28)17(23)11-14-2-3-15(21)16(22)10-14/h2-7,10,17-18,24H,8-9,11-12,23H2,1H3,(H,26,29)(H,27,28)/t17-,18-/m0/s1. The van der Waals surface area contributed by atoms with E-state index in [9.17, 15) is 18.4 Å². The van der Waals surface area contributed by atoms with Crippen molar-refractivity contribution in [2.45, 2.75) is 24.9 Å². The molecule has 2 amide bonds. The van der Waals surface area contributed by atoms with Crippen LogP contribution in [-0.2, 0) is 22.4 Å². The van der Waals surface area contributed by atoms with Gasteiger partial charge in [-0.1, -0.05) is 6.07 Å². The second-order valence-corrected chi connectivity index (χ2v) is 6.57. The van der Waals surface area contributed by atoms with Crippen LogP contribution in [0.25, 0.3) is 0 Å². The highest BCUT2D eigenvalue weighted by Crippen LogP contribution is 2.10. The summed E-state index contributed by atoms with van der Waals surface area (Å²) >= 11 is 0. The first kappa shape index (κ1) is 22.4. The zero-order chi connectivity index (χ0) is 21.2. The number of halogens is 2. The number of carbonyl (C=O) groups is 2. The lowest BCUT2D eigenvalue weighted by Gasteiger charge is -2.21. The quantitative estimate of drug-likeness (QED) is 0.425. The zero-order valence-corrected chi connectivity index (χ0v) is 16.1. The summed E-state index contributed by atoms with van der Waals surface area (Å²) in [6, 6.07) is 4.99. The van der Waals surface area contributed by atoms with Gasteiger partial charge in [0, 0.05) is 31.9 Å². The molecule has 0 saturated heterocycles. The number of nitrogens with one attached hydrogen (secondary N) is 3. The van der Waals surface area contributed by atoms with Gasteiger partial charge >= 0.3 is 0 Å². The van der Waals surface area contributed by atoms with Crippen LogP contribution < -0.4 is 21.7 Å². The molecular formula is C20H25F2N5O2. The van der Waals surface area contributed by atoms with Crippen LogP contribution in [0, 0.1) is 11.6 Å². The first-order valence-electron chi connectivity index (χ1n) is 9.21. The van der Waals surface area contributed by atoms with E-state index >= 15 is 0 Å². The number of rotatable bonds is 10. The smallest absolute Gasteiger partial charge is 0.242 e. The molecule has 0 unspecified atom stereocenters. The lowest BCUT2D eigenvalue weighted by atomic mass is 10.0. The Bertz CT molecular complexity index is 820. The number of nitrogens with zero attached hydrogens (tertiary/aromatic N) is 1. The Morgan fingerprint density at radius 1 is 1.00 bits per heavy atom. The molecule has 1 aromatic carbocycles. The molecule has 2 aromatic rings. The van der Waals surface area contributed by atoms with Crippen LogP contribution in [-0.4, -0.2) is 49.0 Å². The second kappa shape index (κ2) is 11.2. The minimum absolute atomic E-state index is 0.00633. The maximum Gasteiger partial charge on any atom is 0.242 e. The van der Waals surface area contributed by atoms with Crippen molar-refractivity contribution < 1.29 is 18.4 Å². The molecule has 0 spiro atoms. The average molecular weight is 405 g/mol. The monoisotopic (exact) mass is 405 g/mol. The van der Waals surface area contributed by atoms with Crippen LogP contribution in [0.3, 0.4) is 0 Å². The number of hydrogen-bond donors (Lipinski definition) is 4. The van der Waals surface area contributed by atoms with Crippen molar-refractivity contribution in [3.8, 4) is 0 Å². The summed E-state index contributed by atoms with van der Waals surface area (Å²) in [6.07, 6.45) is 3.47. The van der Waals surface area contributed by atoms with Gasteiger partial charge in [-0.15, -0.1) is 0 Å².